The number of terminal acetylenes is 3. The van der Waals surface area contributed by atoms with Gasteiger partial charge in [0.15, 0.2) is 0 Å². The van der Waals surface area contributed by atoms with E-state index in [2.05, 4.69) is 33.7 Å². The topological polar surface area (TPSA) is 418 Å². The van der Waals surface area contributed by atoms with E-state index in [0.29, 0.717) is 357 Å². The molecule has 40 nitrogen and oxygen atoms in total. The molecular weight excluding hydrogens is 1620 g/mol. The molecule has 0 saturated carbocycles. The number of rotatable bonds is 108. The molecule has 122 heavy (non-hydrogen) atoms. The van der Waals surface area contributed by atoms with E-state index in [1.54, 1.807) is 0 Å². The number of hydrogen-bond donors (Lipinski definition) is 4. The van der Waals surface area contributed by atoms with Gasteiger partial charge in [-0.3, -0.25) is 14.4 Å². The van der Waals surface area contributed by atoms with Gasteiger partial charge in [-0.2, -0.15) is 0 Å². The number of nitrogens with one attached hydrogen (secondary N) is 3. The average Bonchev–Trinajstić information content (AvgIpc) is 0.896. The minimum absolute atomic E-state index is 0.0445. The Morgan fingerprint density at radius 3 is 0.418 bits per heavy atom. The highest BCUT2D eigenvalue weighted by Gasteiger charge is 2.27. The van der Waals surface area contributed by atoms with Gasteiger partial charge >= 0.3 is 0 Å². The monoisotopic (exact) mass is 1770 g/mol. The normalized spacial score (nSPS) is 11.6. The molecule has 0 atom stereocenters. The Kier molecular flexibility index (Phi) is 102. The second kappa shape index (κ2) is 106. The summed E-state index contributed by atoms with van der Waals surface area (Å²) < 4.78 is 182. The minimum Gasteiger partial charge on any atom is -0.379 e. The molecule has 0 aliphatic carbocycles. The Morgan fingerprint density at radius 2 is 0.295 bits per heavy atom. The fourth-order valence-corrected chi connectivity index (χ4v) is 8.83. The Hall–Kier alpha value is -4.27. The smallest absolute Gasteiger partial charge is 0.222 e. The van der Waals surface area contributed by atoms with E-state index in [4.69, 9.17) is 181 Å². The molecule has 0 spiro atoms. The largest absolute Gasteiger partial charge is 0.379 e. The van der Waals surface area contributed by atoms with Crippen LogP contribution >= 0.6 is 0 Å². The first-order valence-electron chi connectivity index (χ1n) is 42.3. The van der Waals surface area contributed by atoms with Crippen LogP contribution in [0.5, 0.6) is 0 Å². The van der Waals surface area contributed by atoms with Crippen molar-refractivity contribution in [3.63, 3.8) is 0 Å². The molecule has 0 aliphatic rings. The van der Waals surface area contributed by atoms with Gasteiger partial charge in [0.25, 0.3) is 0 Å². The van der Waals surface area contributed by atoms with Crippen LogP contribution in [0.3, 0.4) is 0 Å². The van der Waals surface area contributed by atoms with Crippen LogP contribution in [-0.4, -0.2) is 479 Å². The molecule has 0 unspecified atom stereocenters. The molecule has 716 valence electrons. The van der Waals surface area contributed by atoms with Crippen molar-refractivity contribution >= 4 is 17.7 Å². The third-order valence-corrected chi connectivity index (χ3v) is 14.9. The standard InChI is InChI=1S/C82H152N4O36/c1-4-13-90-22-28-96-34-40-102-46-52-108-58-64-114-70-73-117-67-61-111-55-49-105-43-37-99-31-25-93-19-10-84-79(87)7-16-120-76-82(83,77-121-17-8-80(88)85-11-20-94-26-32-100-38-44-106-50-56-112-62-68-118-74-71-115-65-59-109-53-47-103-41-35-97-29-23-91-14-5-2)78-122-18-9-81(89)86-12-21-95-27-33-101-39-45-107-51-57-113-63-69-119-75-72-116-66-60-110-54-48-104-42-36-98-30-24-92-15-6-3/h1-3H,7-78,83H2,(H,84,87)(H,85,88)(H,86,89). The molecule has 0 rings (SSSR count). The van der Waals surface area contributed by atoms with E-state index >= 15 is 0 Å². The Morgan fingerprint density at radius 1 is 0.180 bits per heavy atom. The van der Waals surface area contributed by atoms with Gasteiger partial charge in [-0.15, -0.1) is 19.3 Å². The molecule has 0 aromatic carbocycles. The van der Waals surface area contributed by atoms with Crippen molar-refractivity contribution in [1.82, 2.24) is 16.0 Å². The van der Waals surface area contributed by atoms with Crippen LogP contribution in [0.2, 0.25) is 0 Å². The Labute approximate surface area is 725 Å². The van der Waals surface area contributed by atoms with Crippen LogP contribution in [0.15, 0.2) is 0 Å². The molecule has 0 fully saturated rings. The van der Waals surface area contributed by atoms with Crippen LogP contribution < -0.4 is 21.7 Å². The van der Waals surface area contributed by atoms with Crippen molar-refractivity contribution in [2.75, 3.05) is 456 Å². The van der Waals surface area contributed by atoms with Gasteiger partial charge in [0.05, 0.1) is 422 Å². The van der Waals surface area contributed by atoms with E-state index in [9.17, 15) is 14.4 Å². The van der Waals surface area contributed by atoms with Crippen molar-refractivity contribution < 1.29 is 171 Å². The lowest BCUT2D eigenvalue weighted by atomic mass is 10.1. The maximum Gasteiger partial charge on any atom is 0.222 e. The highest BCUT2D eigenvalue weighted by molar-refractivity contribution is 5.76. The molecule has 0 heterocycles. The maximum absolute atomic E-state index is 12.6. The molecule has 0 radical (unpaired) electrons. The zero-order valence-corrected chi connectivity index (χ0v) is 72.9. The van der Waals surface area contributed by atoms with Gasteiger partial charge in [0, 0.05) is 38.9 Å². The van der Waals surface area contributed by atoms with E-state index in [1.165, 1.54) is 0 Å². The zero-order chi connectivity index (χ0) is 87.7. The number of amides is 3. The average molecular weight is 1770 g/mol. The van der Waals surface area contributed by atoms with Gasteiger partial charge in [0.1, 0.15) is 19.8 Å². The first-order chi connectivity index (χ1) is 60.4. The van der Waals surface area contributed by atoms with Crippen molar-refractivity contribution in [2.24, 2.45) is 5.73 Å². The molecule has 0 saturated heterocycles. The summed E-state index contributed by atoms with van der Waals surface area (Å²) in [6.45, 7) is 26.3. The Bertz CT molecular complexity index is 2020. The summed E-state index contributed by atoms with van der Waals surface area (Å²) in [4.78, 5) is 37.9. The number of hydrogen-bond acceptors (Lipinski definition) is 37. The lowest BCUT2D eigenvalue weighted by molar-refractivity contribution is -0.123. The zero-order valence-electron chi connectivity index (χ0n) is 72.9. The fourth-order valence-electron chi connectivity index (χ4n) is 8.83. The van der Waals surface area contributed by atoms with Crippen LogP contribution in [0.1, 0.15) is 19.3 Å². The van der Waals surface area contributed by atoms with Gasteiger partial charge in [-0.05, 0) is 0 Å². The SMILES string of the molecule is C#CCOCCOCCOCCOCCOCCOCCOCCOCCOCCOCCNC(=O)CCOCC(N)(COCCC(=O)NCCOCCOCCOCCOCCOCCOCCOCCOCCOCCOCC#C)COCCC(=O)NCCOCCOCCOCCOCCOCCOCCOCCOCCOCCOCC#C. The number of nitrogens with two attached hydrogens (primary N) is 1. The first-order valence-corrected chi connectivity index (χ1v) is 42.3. The van der Waals surface area contributed by atoms with E-state index in [-0.39, 0.29) is 136 Å². The highest BCUT2D eigenvalue weighted by atomic mass is 16.6. The molecule has 0 bridgehead atoms. The van der Waals surface area contributed by atoms with Crippen LogP contribution in [0.4, 0.5) is 0 Å². The molecule has 0 aliphatic heterocycles. The lowest BCUT2D eigenvalue weighted by Crippen LogP contribution is -2.53. The van der Waals surface area contributed by atoms with E-state index in [0.717, 1.165) is 0 Å². The van der Waals surface area contributed by atoms with Gasteiger partial charge in [-0.1, -0.05) is 17.8 Å². The molecule has 0 aromatic heterocycles. The summed E-state index contributed by atoms with van der Waals surface area (Å²) >= 11 is 0. The van der Waals surface area contributed by atoms with Crippen molar-refractivity contribution in [2.45, 2.75) is 24.8 Å². The number of carbonyl (C=O) groups excluding carboxylic acids is 3. The number of carbonyl (C=O) groups is 3. The molecule has 0 aromatic rings. The predicted molar refractivity (Wildman–Crippen MR) is 443 cm³/mol. The lowest BCUT2D eigenvalue weighted by Gasteiger charge is -2.29. The van der Waals surface area contributed by atoms with Gasteiger partial charge in [0.2, 0.25) is 17.7 Å². The third-order valence-electron chi connectivity index (χ3n) is 14.9. The maximum atomic E-state index is 12.6. The van der Waals surface area contributed by atoms with Crippen LogP contribution in [0.25, 0.3) is 0 Å². The van der Waals surface area contributed by atoms with Crippen molar-refractivity contribution in [3.8, 4) is 37.0 Å². The summed E-state index contributed by atoms with van der Waals surface area (Å²) in [6, 6.07) is 0. The van der Waals surface area contributed by atoms with Crippen molar-refractivity contribution in [3.05, 3.63) is 0 Å². The first kappa shape index (κ1) is 118. The van der Waals surface area contributed by atoms with Crippen LogP contribution in [0, 0.1) is 37.0 Å². The molecule has 5 N–H and O–H groups in total. The summed E-state index contributed by atoms with van der Waals surface area (Å²) in [7, 11) is 0. The summed E-state index contributed by atoms with van der Waals surface area (Å²) in [5, 5.41) is 8.41. The predicted octanol–water partition coefficient (Wildman–Crippen LogP) is -1.35. The third kappa shape index (κ3) is 103. The number of ether oxygens (including phenoxy) is 33. The summed E-state index contributed by atoms with van der Waals surface area (Å²) in [5.74, 6) is 6.47. The Balaban J connectivity index is 4.27. The van der Waals surface area contributed by atoms with Crippen LogP contribution in [-0.2, 0) is 171 Å². The summed E-state index contributed by atoms with van der Waals surface area (Å²) in [6.07, 6.45) is 15.5. The van der Waals surface area contributed by atoms with E-state index in [1.807, 2.05) is 0 Å². The second-order valence-corrected chi connectivity index (χ2v) is 25.1. The fraction of sp³-hybridized carbons (Fsp3) is 0.890. The summed E-state index contributed by atoms with van der Waals surface area (Å²) in [5.41, 5.74) is 5.55. The minimum atomic E-state index is -1.18. The second-order valence-electron chi connectivity index (χ2n) is 25.1. The van der Waals surface area contributed by atoms with E-state index < -0.39 is 5.54 Å². The molecule has 40 heteroatoms. The molecular formula is C82H152N4O36. The van der Waals surface area contributed by atoms with Gasteiger partial charge < -0.3 is 178 Å². The van der Waals surface area contributed by atoms with Crippen molar-refractivity contribution in [1.29, 1.82) is 0 Å². The quantitative estimate of drug-likeness (QED) is 0.0404. The van der Waals surface area contributed by atoms with Gasteiger partial charge in [-0.25, -0.2) is 0 Å². The highest BCUT2D eigenvalue weighted by Crippen LogP contribution is 2.07. The molecule has 3 amide bonds.